The van der Waals surface area contributed by atoms with Crippen molar-refractivity contribution in [2.75, 3.05) is 44.7 Å². The van der Waals surface area contributed by atoms with Crippen molar-refractivity contribution in [1.82, 2.24) is 19.8 Å². The van der Waals surface area contributed by atoms with Crippen LogP contribution in [0.15, 0.2) is 47.9 Å². The second-order valence-electron chi connectivity index (χ2n) is 8.67. The summed E-state index contributed by atoms with van der Waals surface area (Å²) >= 11 is 0. The highest BCUT2D eigenvalue weighted by molar-refractivity contribution is 5.88. The quantitative estimate of drug-likeness (QED) is 0.757. The van der Waals surface area contributed by atoms with Gasteiger partial charge in [0.1, 0.15) is 12.0 Å². The molecule has 1 aromatic heterocycles. The maximum absolute atomic E-state index is 14.2. The molecule has 1 atom stereocenters. The standard InChI is InChI=1S/C24H29FN6/c1-29-14-10-22(23-21(25)15-26-17-27-23)28-24(29)31-13-4-5-19(16-31)18-6-8-20(9-7-18)30-11-2-3-12-30/h6-10,15,17,19H,2-5,11-14,16H2,1H3. The number of nitrogens with zero attached hydrogens (tertiary/aromatic N) is 6. The summed E-state index contributed by atoms with van der Waals surface area (Å²) in [4.78, 5) is 19.6. The zero-order valence-electron chi connectivity index (χ0n) is 18.0. The molecule has 1 aromatic carbocycles. The van der Waals surface area contributed by atoms with Gasteiger partial charge in [0.2, 0.25) is 5.96 Å². The summed E-state index contributed by atoms with van der Waals surface area (Å²) in [6.07, 6.45) is 9.38. The fourth-order valence-electron chi connectivity index (χ4n) is 4.87. The van der Waals surface area contributed by atoms with Crippen molar-refractivity contribution in [2.45, 2.75) is 31.6 Å². The zero-order valence-corrected chi connectivity index (χ0v) is 18.0. The third-order valence-corrected chi connectivity index (χ3v) is 6.57. The highest BCUT2D eigenvalue weighted by Gasteiger charge is 2.28. The molecule has 6 nitrogen and oxygen atoms in total. The number of likely N-dealkylation sites (tertiary alicyclic amines) is 1. The van der Waals surface area contributed by atoms with E-state index in [0.717, 1.165) is 25.5 Å². The summed E-state index contributed by atoms with van der Waals surface area (Å²) in [6.45, 7) is 4.91. The van der Waals surface area contributed by atoms with Gasteiger partial charge in [0.25, 0.3) is 0 Å². The molecule has 4 heterocycles. The molecule has 0 aliphatic carbocycles. The smallest absolute Gasteiger partial charge is 0.201 e. The maximum Gasteiger partial charge on any atom is 0.201 e. The number of anilines is 1. The van der Waals surface area contributed by atoms with Gasteiger partial charge in [-0.25, -0.2) is 19.4 Å². The van der Waals surface area contributed by atoms with Crippen LogP contribution in [-0.2, 0) is 0 Å². The first kappa shape index (κ1) is 20.0. The van der Waals surface area contributed by atoms with Crippen molar-refractivity contribution in [1.29, 1.82) is 0 Å². The molecule has 2 aromatic rings. The fraction of sp³-hybridized carbons (Fsp3) is 0.458. The van der Waals surface area contributed by atoms with Crippen LogP contribution < -0.4 is 4.90 Å². The van der Waals surface area contributed by atoms with E-state index in [-0.39, 0.29) is 5.69 Å². The lowest BCUT2D eigenvalue weighted by molar-refractivity contribution is 0.277. The number of piperidine rings is 1. The Morgan fingerprint density at radius 2 is 1.77 bits per heavy atom. The molecule has 0 radical (unpaired) electrons. The molecular weight excluding hydrogens is 391 g/mol. The summed E-state index contributed by atoms with van der Waals surface area (Å²) in [5.74, 6) is 0.938. The molecule has 31 heavy (non-hydrogen) atoms. The van der Waals surface area contributed by atoms with E-state index in [0.29, 0.717) is 18.2 Å². The molecule has 0 N–H and O–H groups in total. The van der Waals surface area contributed by atoms with Crippen molar-refractivity contribution in [3.05, 3.63) is 59.9 Å². The van der Waals surface area contributed by atoms with Gasteiger partial charge < -0.3 is 14.7 Å². The third kappa shape index (κ3) is 4.13. The largest absolute Gasteiger partial charge is 0.372 e. The molecule has 5 rings (SSSR count). The summed E-state index contributed by atoms with van der Waals surface area (Å²) in [6, 6.07) is 9.16. The first-order valence-corrected chi connectivity index (χ1v) is 11.2. The van der Waals surface area contributed by atoms with Gasteiger partial charge in [-0.15, -0.1) is 0 Å². The molecule has 0 amide bonds. The Hall–Kier alpha value is -2.96. The van der Waals surface area contributed by atoms with Crippen LogP contribution in [-0.4, -0.2) is 65.5 Å². The van der Waals surface area contributed by atoms with E-state index in [1.807, 2.05) is 13.1 Å². The monoisotopic (exact) mass is 420 g/mol. The first-order chi connectivity index (χ1) is 15.2. The van der Waals surface area contributed by atoms with Crippen molar-refractivity contribution in [3.8, 4) is 0 Å². The molecular formula is C24H29FN6. The summed E-state index contributed by atoms with van der Waals surface area (Å²) in [7, 11) is 2.04. The average Bonchev–Trinajstić information content (AvgIpc) is 3.35. The second-order valence-corrected chi connectivity index (χ2v) is 8.67. The van der Waals surface area contributed by atoms with E-state index in [1.54, 1.807) is 0 Å². The number of likely N-dealkylation sites (N-methyl/N-ethyl adjacent to an activating group) is 1. The SMILES string of the molecule is CN1CC=C(c2ncncc2F)N=C1N1CCCC(c2ccc(N3CCCC3)cc2)C1. The maximum atomic E-state index is 14.2. The number of hydrogen-bond acceptors (Lipinski definition) is 6. The Kier molecular flexibility index (Phi) is 5.57. The Balaban J connectivity index is 1.33. The molecule has 162 valence electrons. The zero-order chi connectivity index (χ0) is 21.2. The number of halogens is 1. The molecule has 3 aliphatic rings. The van der Waals surface area contributed by atoms with Crippen LogP contribution >= 0.6 is 0 Å². The van der Waals surface area contributed by atoms with Crippen molar-refractivity contribution in [3.63, 3.8) is 0 Å². The van der Waals surface area contributed by atoms with Crippen molar-refractivity contribution < 1.29 is 4.39 Å². The van der Waals surface area contributed by atoms with Crippen LogP contribution in [0.2, 0.25) is 0 Å². The van der Waals surface area contributed by atoms with Gasteiger partial charge in [-0.3, -0.25) is 0 Å². The van der Waals surface area contributed by atoms with Gasteiger partial charge in [-0.1, -0.05) is 12.1 Å². The first-order valence-electron chi connectivity index (χ1n) is 11.2. The topological polar surface area (TPSA) is 47.9 Å². The van der Waals surface area contributed by atoms with Crippen LogP contribution in [0, 0.1) is 5.82 Å². The Morgan fingerprint density at radius 3 is 2.55 bits per heavy atom. The Labute approximate surface area is 183 Å². The lowest BCUT2D eigenvalue weighted by Crippen LogP contribution is -2.47. The number of hydrogen-bond donors (Lipinski definition) is 0. The molecule has 2 saturated heterocycles. The van der Waals surface area contributed by atoms with Crippen molar-refractivity contribution in [2.24, 2.45) is 4.99 Å². The molecule has 0 bridgehead atoms. The van der Waals surface area contributed by atoms with E-state index < -0.39 is 5.82 Å². The predicted molar refractivity (Wildman–Crippen MR) is 121 cm³/mol. The molecule has 0 spiro atoms. The number of benzene rings is 1. The van der Waals surface area contributed by atoms with E-state index in [2.05, 4.69) is 48.9 Å². The van der Waals surface area contributed by atoms with Crippen LogP contribution in [0.3, 0.4) is 0 Å². The highest BCUT2D eigenvalue weighted by Crippen LogP contribution is 2.31. The predicted octanol–water partition coefficient (Wildman–Crippen LogP) is 3.74. The van der Waals surface area contributed by atoms with Gasteiger partial charge in [0, 0.05) is 51.4 Å². The molecule has 1 unspecified atom stereocenters. The van der Waals surface area contributed by atoms with Gasteiger partial charge in [-0.05, 0) is 49.5 Å². The van der Waals surface area contributed by atoms with Gasteiger partial charge in [0.15, 0.2) is 5.82 Å². The van der Waals surface area contributed by atoms with Crippen LogP contribution in [0.5, 0.6) is 0 Å². The van der Waals surface area contributed by atoms with Gasteiger partial charge in [-0.2, -0.15) is 0 Å². The molecule has 2 fully saturated rings. The third-order valence-electron chi connectivity index (χ3n) is 6.57. The van der Waals surface area contributed by atoms with E-state index in [1.165, 1.54) is 56.1 Å². The minimum absolute atomic E-state index is 0.270. The summed E-state index contributed by atoms with van der Waals surface area (Å²) in [5.41, 5.74) is 3.59. The number of aliphatic imine (C=N–C) groups is 1. The van der Waals surface area contributed by atoms with E-state index in [9.17, 15) is 4.39 Å². The second kappa shape index (κ2) is 8.65. The minimum atomic E-state index is -0.434. The van der Waals surface area contributed by atoms with Crippen LogP contribution in [0.1, 0.15) is 42.9 Å². The summed E-state index contributed by atoms with van der Waals surface area (Å²) in [5, 5.41) is 0. The van der Waals surface area contributed by atoms with Gasteiger partial charge in [0.05, 0.1) is 11.9 Å². The summed E-state index contributed by atoms with van der Waals surface area (Å²) < 4.78 is 14.2. The number of aromatic nitrogens is 2. The van der Waals surface area contributed by atoms with Crippen molar-refractivity contribution >= 4 is 17.3 Å². The molecule has 0 saturated carbocycles. The van der Waals surface area contributed by atoms with E-state index >= 15 is 0 Å². The lowest BCUT2D eigenvalue weighted by atomic mass is 9.90. The number of guanidine groups is 1. The minimum Gasteiger partial charge on any atom is -0.372 e. The average molecular weight is 421 g/mol. The Bertz CT molecular complexity index is 980. The van der Waals surface area contributed by atoms with Gasteiger partial charge >= 0.3 is 0 Å². The molecule has 3 aliphatic heterocycles. The fourth-order valence-corrected chi connectivity index (χ4v) is 4.87. The Morgan fingerprint density at radius 1 is 1.00 bits per heavy atom. The van der Waals surface area contributed by atoms with Crippen LogP contribution in [0.25, 0.3) is 5.70 Å². The lowest BCUT2D eigenvalue weighted by Gasteiger charge is -2.39. The highest BCUT2D eigenvalue weighted by atomic mass is 19.1. The van der Waals surface area contributed by atoms with Crippen LogP contribution in [0.4, 0.5) is 10.1 Å². The number of rotatable bonds is 3. The molecule has 7 heteroatoms. The van der Waals surface area contributed by atoms with E-state index in [4.69, 9.17) is 4.99 Å². The normalized spacial score (nSPS) is 21.9.